The van der Waals surface area contributed by atoms with Crippen LogP contribution in [0.2, 0.25) is 0 Å². The normalized spacial score (nSPS) is 10.2. The van der Waals surface area contributed by atoms with Gasteiger partial charge in [-0.25, -0.2) is 10.4 Å². The van der Waals surface area contributed by atoms with Crippen LogP contribution >= 0.6 is 0 Å². The fourth-order valence-electron chi connectivity index (χ4n) is 2.24. The lowest BCUT2D eigenvalue weighted by Gasteiger charge is -2.10. The van der Waals surface area contributed by atoms with Crippen LogP contribution in [0.15, 0.2) is 79.0 Å². The number of carbonyl (C=O) groups is 1. The minimum absolute atomic E-state index is 0.0657. The zero-order valence-electron chi connectivity index (χ0n) is 14.2. The molecule has 0 spiro atoms. The maximum absolute atomic E-state index is 11.8. The van der Waals surface area contributed by atoms with E-state index in [1.165, 1.54) is 0 Å². The van der Waals surface area contributed by atoms with Gasteiger partial charge in [0, 0.05) is 18.4 Å². The predicted molar refractivity (Wildman–Crippen MR) is 102 cm³/mol. The van der Waals surface area contributed by atoms with E-state index in [2.05, 4.69) is 21.2 Å². The van der Waals surface area contributed by atoms with Gasteiger partial charge >= 0.3 is 0 Å². The molecule has 3 N–H and O–H groups in total. The Morgan fingerprint density at radius 1 is 0.923 bits per heavy atom. The molecule has 0 atom stereocenters. The first-order chi connectivity index (χ1) is 12.8. The monoisotopic (exact) mass is 348 g/mol. The maximum atomic E-state index is 11.8. The first-order valence-corrected chi connectivity index (χ1v) is 8.26. The minimum atomic E-state index is -0.249. The molecule has 0 unspecified atom stereocenters. The van der Waals surface area contributed by atoms with Crippen LogP contribution in [0.25, 0.3) is 0 Å². The molecule has 1 amide bonds. The van der Waals surface area contributed by atoms with Crippen molar-refractivity contribution >= 4 is 17.4 Å². The molecule has 1 heterocycles. The molecule has 0 aliphatic heterocycles. The number of carbonyl (C=O) groups excluding carboxylic acids is 1. The number of aromatic nitrogens is 1. The highest BCUT2D eigenvalue weighted by molar-refractivity contribution is 5.90. The number of nitrogens with zero attached hydrogens (tertiary/aromatic N) is 1. The van der Waals surface area contributed by atoms with E-state index in [9.17, 15) is 4.79 Å². The van der Waals surface area contributed by atoms with Crippen LogP contribution in [0.4, 0.5) is 11.5 Å². The molecule has 3 rings (SSSR count). The third-order valence-corrected chi connectivity index (χ3v) is 3.52. The van der Waals surface area contributed by atoms with Gasteiger partial charge < -0.3 is 15.5 Å². The number of rotatable bonds is 8. The van der Waals surface area contributed by atoms with Crippen LogP contribution in [0.1, 0.15) is 5.56 Å². The molecule has 0 aliphatic rings. The van der Waals surface area contributed by atoms with Crippen LogP contribution < -0.4 is 20.9 Å². The summed E-state index contributed by atoms with van der Waals surface area (Å²) >= 11 is 0. The number of amides is 1. The number of hydrogen-bond acceptors (Lipinski definition) is 5. The SMILES string of the molecule is O=C(COc1ccc(CNNc2ccccc2)cc1)Nc1ccccn1. The van der Waals surface area contributed by atoms with E-state index in [-0.39, 0.29) is 12.5 Å². The Morgan fingerprint density at radius 2 is 1.69 bits per heavy atom. The van der Waals surface area contributed by atoms with Gasteiger partial charge in [0.05, 0.1) is 0 Å². The molecule has 26 heavy (non-hydrogen) atoms. The lowest BCUT2D eigenvalue weighted by Crippen LogP contribution is -2.21. The van der Waals surface area contributed by atoms with E-state index < -0.39 is 0 Å². The van der Waals surface area contributed by atoms with Gasteiger partial charge in [-0.05, 0) is 42.0 Å². The first-order valence-electron chi connectivity index (χ1n) is 8.26. The maximum Gasteiger partial charge on any atom is 0.263 e. The van der Waals surface area contributed by atoms with Crippen molar-refractivity contribution in [2.24, 2.45) is 0 Å². The Balaban J connectivity index is 1.40. The Hall–Kier alpha value is -3.38. The van der Waals surface area contributed by atoms with Gasteiger partial charge in [-0.2, -0.15) is 0 Å². The van der Waals surface area contributed by atoms with Gasteiger partial charge in [0.1, 0.15) is 11.6 Å². The lowest BCUT2D eigenvalue weighted by atomic mass is 10.2. The van der Waals surface area contributed by atoms with E-state index in [1.807, 2.05) is 60.7 Å². The molecular formula is C20H20N4O2. The van der Waals surface area contributed by atoms with Gasteiger partial charge in [-0.3, -0.25) is 4.79 Å². The number of para-hydroxylation sites is 1. The fourth-order valence-corrected chi connectivity index (χ4v) is 2.24. The molecule has 0 fully saturated rings. The molecule has 3 aromatic rings. The molecule has 0 aliphatic carbocycles. The van der Waals surface area contributed by atoms with Crippen LogP contribution in [-0.2, 0) is 11.3 Å². The Bertz CT molecular complexity index is 808. The number of anilines is 2. The summed E-state index contributed by atoms with van der Waals surface area (Å²) in [4.78, 5) is 15.9. The molecule has 0 saturated heterocycles. The molecule has 0 saturated carbocycles. The number of ether oxygens (including phenoxy) is 1. The number of nitrogens with one attached hydrogen (secondary N) is 3. The fraction of sp³-hybridized carbons (Fsp3) is 0.100. The van der Waals surface area contributed by atoms with Gasteiger partial charge in [-0.1, -0.05) is 36.4 Å². The van der Waals surface area contributed by atoms with Crippen LogP contribution in [0.3, 0.4) is 0 Å². The van der Waals surface area contributed by atoms with Crippen LogP contribution in [-0.4, -0.2) is 17.5 Å². The van der Waals surface area contributed by atoms with Crippen LogP contribution in [0.5, 0.6) is 5.75 Å². The summed E-state index contributed by atoms with van der Waals surface area (Å²) in [6.45, 7) is 0.596. The van der Waals surface area contributed by atoms with Gasteiger partial charge in [0.15, 0.2) is 6.61 Å². The minimum Gasteiger partial charge on any atom is -0.484 e. The predicted octanol–water partition coefficient (Wildman–Crippen LogP) is 3.22. The third kappa shape index (κ3) is 5.61. The average Bonchev–Trinajstić information content (AvgIpc) is 2.69. The first kappa shape index (κ1) is 17.4. The molecule has 6 nitrogen and oxygen atoms in total. The van der Waals surface area contributed by atoms with Crippen molar-refractivity contribution in [3.05, 3.63) is 84.6 Å². The summed E-state index contributed by atoms with van der Waals surface area (Å²) in [7, 11) is 0. The second-order valence-electron chi connectivity index (χ2n) is 5.54. The van der Waals surface area contributed by atoms with Crippen molar-refractivity contribution in [2.75, 3.05) is 17.3 Å². The molecule has 6 heteroatoms. The van der Waals surface area contributed by atoms with Gasteiger partial charge in [0.2, 0.25) is 0 Å². The Kier molecular flexibility index (Phi) is 6.17. The summed E-state index contributed by atoms with van der Waals surface area (Å²) in [6.07, 6.45) is 1.62. The van der Waals surface area contributed by atoms with Crippen molar-refractivity contribution in [1.82, 2.24) is 10.4 Å². The standard InChI is InChI=1S/C20H20N4O2/c25-20(23-19-8-4-5-13-21-19)15-26-18-11-9-16(10-12-18)14-22-24-17-6-2-1-3-7-17/h1-13,22,24H,14-15H2,(H,21,23,25). The summed E-state index contributed by atoms with van der Waals surface area (Å²) in [5, 5.41) is 2.67. The molecule has 0 bridgehead atoms. The van der Waals surface area contributed by atoms with Crippen molar-refractivity contribution in [1.29, 1.82) is 0 Å². The highest BCUT2D eigenvalue weighted by atomic mass is 16.5. The summed E-state index contributed by atoms with van der Waals surface area (Å²) < 4.78 is 5.49. The number of benzene rings is 2. The summed E-state index contributed by atoms with van der Waals surface area (Å²) in [5.74, 6) is 0.899. The topological polar surface area (TPSA) is 75.3 Å². The zero-order valence-corrected chi connectivity index (χ0v) is 14.2. The highest BCUT2D eigenvalue weighted by Crippen LogP contribution is 2.12. The number of pyridine rings is 1. The molecule has 2 aromatic carbocycles. The molecule has 0 radical (unpaired) electrons. The third-order valence-electron chi connectivity index (χ3n) is 3.52. The Morgan fingerprint density at radius 3 is 2.42 bits per heavy atom. The number of hydrogen-bond donors (Lipinski definition) is 3. The van der Waals surface area contributed by atoms with Crippen molar-refractivity contribution in [3.63, 3.8) is 0 Å². The summed E-state index contributed by atoms with van der Waals surface area (Å²) in [6, 6.07) is 22.8. The second kappa shape index (κ2) is 9.19. The number of hydrazine groups is 1. The van der Waals surface area contributed by atoms with Gasteiger partial charge in [-0.15, -0.1) is 0 Å². The highest BCUT2D eigenvalue weighted by Gasteiger charge is 2.04. The lowest BCUT2D eigenvalue weighted by molar-refractivity contribution is -0.118. The zero-order chi connectivity index (χ0) is 18.0. The largest absolute Gasteiger partial charge is 0.484 e. The van der Waals surface area contributed by atoms with E-state index >= 15 is 0 Å². The van der Waals surface area contributed by atoms with E-state index in [1.54, 1.807) is 18.3 Å². The average molecular weight is 348 g/mol. The van der Waals surface area contributed by atoms with Crippen molar-refractivity contribution in [2.45, 2.75) is 6.54 Å². The van der Waals surface area contributed by atoms with E-state index in [0.717, 1.165) is 11.3 Å². The van der Waals surface area contributed by atoms with Crippen molar-refractivity contribution in [3.8, 4) is 5.75 Å². The second-order valence-corrected chi connectivity index (χ2v) is 5.54. The van der Waals surface area contributed by atoms with Crippen LogP contribution in [0, 0.1) is 0 Å². The van der Waals surface area contributed by atoms with E-state index in [0.29, 0.717) is 18.1 Å². The smallest absolute Gasteiger partial charge is 0.263 e. The van der Waals surface area contributed by atoms with E-state index in [4.69, 9.17) is 4.74 Å². The molecular weight excluding hydrogens is 328 g/mol. The van der Waals surface area contributed by atoms with Crippen molar-refractivity contribution < 1.29 is 9.53 Å². The van der Waals surface area contributed by atoms with Gasteiger partial charge in [0.25, 0.3) is 5.91 Å². The summed E-state index contributed by atoms with van der Waals surface area (Å²) in [5.41, 5.74) is 8.39. The Labute approximate surface area is 152 Å². The molecule has 132 valence electrons. The molecule has 1 aromatic heterocycles. The quantitative estimate of drug-likeness (QED) is 0.545.